The van der Waals surface area contributed by atoms with E-state index in [1.54, 1.807) is 6.92 Å². The minimum Gasteiger partial charge on any atom is -0.475 e. The van der Waals surface area contributed by atoms with Gasteiger partial charge in [-0.05, 0) is 70.4 Å². The number of carboxylic acid groups (broad SMARTS) is 2. The largest absolute Gasteiger partial charge is 0.490 e. The number of amides is 1. The van der Waals surface area contributed by atoms with Crippen LogP contribution in [-0.4, -0.2) is 81.2 Å². The Kier molecular flexibility index (Phi) is 16.2. The molecule has 0 radical (unpaired) electrons. The lowest BCUT2D eigenvalue weighted by atomic mass is 9.95. The van der Waals surface area contributed by atoms with Crippen LogP contribution >= 0.6 is 15.9 Å². The van der Waals surface area contributed by atoms with Gasteiger partial charge in [-0.25, -0.2) is 14.6 Å². The lowest BCUT2D eigenvalue weighted by Crippen LogP contribution is -2.40. The van der Waals surface area contributed by atoms with Crippen molar-refractivity contribution in [3.8, 4) is 11.3 Å². The number of piperidine rings is 1. The second-order valence-corrected chi connectivity index (χ2v) is 11.2. The highest BCUT2D eigenvalue weighted by molar-refractivity contribution is 9.10. The minimum absolute atomic E-state index is 0.0670. The lowest BCUT2D eigenvalue weighted by Gasteiger charge is -2.29. The van der Waals surface area contributed by atoms with Crippen LogP contribution in [0.3, 0.4) is 0 Å². The van der Waals surface area contributed by atoms with E-state index in [9.17, 15) is 35.9 Å². The summed E-state index contributed by atoms with van der Waals surface area (Å²) in [5.41, 5.74) is 2.00. The number of benzene rings is 1. The van der Waals surface area contributed by atoms with Gasteiger partial charge in [-0.15, -0.1) is 0 Å². The Hall–Kier alpha value is -3.47. The number of likely N-dealkylation sites (tertiary alicyclic amines) is 1. The van der Waals surface area contributed by atoms with Crippen LogP contribution in [0.15, 0.2) is 34.9 Å². The first-order valence-electron chi connectivity index (χ1n) is 13.7. The third kappa shape index (κ3) is 15.9. The zero-order valence-electron chi connectivity index (χ0n) is 24.5. The Labute approximate surface area is 263 Å². The summed E-state index contributed by atoms with van der Waals surface area (Å²) in [5.74, 6) is -4.29. The molecule has 1 saturated heterocycles. The molecule has 0 spiro atoms. The molecular weight excluding hydrogens is 682 g/mol. The van der Waals surface area contributed by atoms with E-state index in [2.05, 4.69) is 43.2 Å². The first kappa shape index (κ1) is 39.6. The first-order chi connectivity index (χ1) is 20.8. The van der Waals surface area contributed by atoms with E-state index < -0.39 is 24.3 Å². The summed E-state index contributed by atoms with van der Waals surface area (Å²) in [7, 11) is 2.10. The van der Waals surface area contributed by atoms with Crippen LogP contribution in [0.4, 0.5) is 26.3 Å². The van der Waals surface area contributed by atoms with Crippen LogP contribution in [0.2, 0.25) is 0 Å². The van der Waals surface area contributed by atoms with Gasteiger partial charge in [0.1, 0.15) is 11.6 Å². The number of hydrogen-bond acceptors (Lipinski definition) is 6. The van der Waals surface area contributed by atoms with Crippen molar-refractivity contribution in [2.45, 2.75) is 70.3 Å². The normalized spacial score (nSPS) is 14.7. The highest BCUT2D eigenvalue weighted by atomic mass is 79.9. The van der Waals surface area contributed by atoms with Gasteiger partial charge in [-0.3, -0.25) is 4.79 Å². The van der Waals surface area contributed by atoms with E-state index in [0.29, 0.717) is 6.42 Å². The average Bonchev–Trinajstić information content (AvgIpc) is 3.42. The molecule has 1 aliphatic heterocycles. The number of imidazole rings is 1. The SMILES string of the molecule is CC(=O)CCCCCC(NC(=O)C1CCN(C)CC1)c1ncc(-c2ccc(Br)cc2)[nH]1.O=C(O)C(F)(F)F.O=C(O)C(F)(F)F. The zero-order chi connectivity index (χ0) is 34.4. The molecule has 1 atom stereocenters. The highest BCUT2D eigenvalue weighted by Crippen LogP contribution is 2.25. The number of rotatable bonds is 10. The van der Waals surface area contributed by atoms with Gasteiger partial charge in [0.25, 0.3) is 0 Å². The summed E-state index contributed by atoms with van der Waals surface area (Å²) in [6, 6.07) is 7.94. The van der Waals surface area contributed by atoms with Gasteiger partial charge in [0.05, 0.1) is 17.9 Å². The maximum absolute atomic E-state index is 13.0. The molecule has 1 aliphatic rings. The fourth-order valence-corrected chi connectivity index (χ4v) is 4.29. The molecule has 1 aromatic heterocycles. The van der Waals surface area contributed by atoms with E-state index in [0.717, 1.165) is 73.2 Å². The van der Waals surface area contributed by atoms with Crippen molar-refractivity contribution in [1.29, 1.82) is 0 Å². The number of carbonyl (C=O) groups excluding carboxylic acids is 2. The molecule has 1 aromatic carbocycles. The smallest absolute Gasteiger partial charge is 0.475 e. The molecule has 0 aliphatic carbocycles. The molecule has 0 bridgehead atoms. The third-order valence-electron chi connectivity index (χ3n) is 6.49. The van der Waals surface area contributed by atoms with Gasteiger partial charge in [0, 0.05) is 16.8 Å². The van der Waals surface area contributed by atoms with Crippen LogP contribution in [-0.2, 0) is 19.2 Å². The zero-order valence-corrected chi connectivity index (χ0v) is 26.1. The quantitative estimate of drug-likeness (QED) is 0.169. The molecule has 2 aromatic rings. The second kappa shape index (κ2) is 18.5. The maximum Gasteiger partial charge on any atom is 0.490 e. The van der Waals surface area contributed by atoms with Crippen LogP contribution in [0, 0.1) is 5.92 Å². The predicted octanol–water partition coefficient (Wildman–Crippen LogP) is 6.14. The van der Waals surface area contributed by atoms with Crippen LogP contribution < -0.4 is 5.32 Å². The molecule has 1 amide bonds. The number of alkyl halides is 6. The Morgan fingerprint density at radius 2 is 1.49 bits per heavy atom. The maximum atomic E-state index is 13.0. The van der Waals surface area contributed by atoms with Crippen molar-refractivity contribution in [2.75, 3.05) is 20.1 Å². The van der Waals surface area contributed by atoms with Crippen molar-refractivity contribution in [2.24, 2.45) is 5.92 Å². The summed E-state index contributed by atoms with van der Waals surface area (Å²) >= 11 is 3.47. The molecule has 17 heteroatoms. The fourth-order valence-electron chi connectivity index (χ4n) is 4.03. The number of nitrogens with one attached hydrogen (secondary N) is 2. The number of carboxylic acids is 2. The Morgan fingerprint density at radius 3 is 1.96 bits per heavy atom. The second-order valence-electron chi connectivity index (χ2n) is 10.2. The minimum atomic E-state index is -5.08. The third-order valence-corrected chi connectivity index (χ3v) is 7.02. The van der Waals surface area contributed by atoms with Crippen molar-refractivity contribution < 1.29 is 55.7 Å². The number of aromatic nitrogens is 2. The van der Waals surface area contributed by atoms with Crippen molar-refractivity contribution >= 4 is 39.6 Å². The van der Waals surface area contributed by atoms with Crippen molar-refractivity contribution in [1.82, 2.24) is 20.2 Å². The molecule has 45 heavy (non-hydrogen) atoms. The molecule has 2 heterocycles. The number of nitrogens with zero attached hydrogens (tertiary/aromatic N) is 2. The molecule has 10 nitrogen and oxygen atoms in total. The Balaban J connectivity index is 0.000000601. The summed E-state index contributed by atoms with van der Waals surface area (Å²) in [4.78, 5) is 52.2. The predicted molar refractivity (Wildman–Crippen MR) is 154 cm³/mol. The summed E-state index contributed by atoms with van der Waals surface area (Å²) in [6.07, 6.45) is -2.28. The van der Waals surface area contributed by atoms with Gasteiger partial charge in [-0.2, -0.15) is 26.3 Å². The Morgan fingerprint density at radius 1 is 0.978 bits per heavy atom. The van der Waals surface area contributed by atoms with Gasteiger partial charge in [-0.1, -0.05) is 40.9 Å². The van der Waals surface area contributed by atoms with Crippen molar-refractivity contribution in [3.63, 3.8) is 0 Å². The monoisotopic (exact) mass is 716 g/mol. The fraction of sp³-hybridized carbons (Fsp3) is 0.536. The molecule has 252 valence electrons. The number of ketones is 1. The van der Waals surface area contributed by atoms with E-state index in [-0.39, 0.29) is 23.7 Å². The molecule has 0 saturated carbocycles. The summed E-state index contributed by atoms with van der Waals surface area (Å²) in [6.45, 7) is 3.56. The average molecular weight is 718 g/mol. The van der Waals surface area contributed by atoms with E-state index in [4.69, 9.17) is 19.8 Å². The van der Waals surface area contributed by atoms with Crippen molar-refractivity contribution in [3.05, 3.63) is 40.8 Å². The standard InChI is InChI=1S/C24H33BrN4O2.2C2HF3O2/c1-17(30)6-4-3-5-7-21(28-24(31)19-12-14-29(2)15-13-19)23-26-16-22(27-23)18-8-10-20(25)11-9-18;2*3-2(4,5)1(6)7/h8-11,16,19,21H,3-7,12-15H2,1-2H3,(H,26,27)(H,28,31);2*(H,6,7). The summed E-state index contributed by atoms with van der Waals surface area (Å²) < 4.78 is 64.5. The summed E-state index contributed by atoms with van der Waals surface area (Å²) in [5, 5.41) is 17.5. The van der Waals surface area contributed by atoms with Gasteiger partial charge >= 0.3 is 24.3 Å². The van der Waals surface area contributed by atoms with E-state index in [1.807, 2.05) is 30.5 Å². The van der Waals surface area contributed by atoms with E-state index >= 15 is 0 Å². The number of halogens is 7. The number of carbonyl (C=O) groups is 4. The molecule has 1 unspecified atom stereocenters. The number of aliphatic carboxylic acids is 2. The van der Waals surface area contributed by atoms with Crippen LogP contribution in [0.5, 0.6) is 0 Å². The van der Waals surface area contributed by atoms with Gasteiger partial charge in [0.15, 0.2) is 0 Å². The number of unbranched alkanes of at least 4 members (excludes halogenated alkanes) is 2. The number of H-pyrrole nitrogens is 1. The molecular formula is C28H35BrF6N4O6. The topological polar surface area (TPSA) is 153 Å². The van der Waals surface area contributed by atoms with Gasteiger partial charge in [0.2, 0.25) is 5.91 Å². The van der Waals surface area contributed by atoms with E-state index in [1.165, 1.54) is 0 Å². The van der Waals surface area contributed by atoms with Gasteiger partial charge < -0.3 is 30.2 Å². The first-order valence-corrected chi connectivity index (χ1v) is 14.5. The molecule has 4 N–H and O–H groups in total. The highest BCUT2D eigenvalue weighted by Gasteiger charge is 2.39. The number of Topliss-reactive ketones (excluding diaryl/α,β-unsaturated/α-hetero) is 1. The van der Waals surface area contributed by atoms with Crippen LogP contribution in [0.1, 0.15) is 63.7 Å². The molecule has 3 rings (SSSR count). The lowest BCUT2D eigenvalue weighted by molar-refractivity contribution is -0.193. The number of aromatic amines is 1. The molecule has 1 fully saturated rings. The Bertz CT molecular complexity index is 1220. The number of hydrogen-bond donors (Lipinski definition) is 4. The van der Waals surface area contributed by atoms with Crippen LogP contribution in [0.25, 0.3) is 11.3 Å².